The van der Waals surface area contributed by atoms with Crippen molar-refractivity contribution in [2.45, 2.75) is 26.8 Å². The first-order valence-corrected chi connectivity index (χ1v) is 9.00. The van der Waals surface area contributed by atoms with E-state index in [1.165, 1.54) is 33.2 Å². The summed E-state index contributed by atoms with van der Waals surface area (Å²) in [6, 6.07) is 26.5. The van der Waals surface area contributed by atoms with Gasteiger partial charge in [-0.1, -0.05) is 50.2 Å². The van der Waals surface area contributed by atoms with Crippen molar-refractivity contribution in [3.8, 4) is 5.69 Å². The number of hydrogen-bond donors (Lipinski definition) is 1. The number of rotatable bonds is 4. The first kappa shape index (κ1) is 15.8. The van der Waals surface area contributed by atoms with Gasteiger partial charge in [0.05, 0.1) is 11.0 Å². The molecule has 4 aromatic rings. The van der Waals surface area contributed by atoms with Gasteiger partial charge in [-0.25, -0.2) is 0 Å². The highest BCUT2D eigenvalue weighted by Crippen LogP contribution is 2.32. The summed E-state index contributed by atoms with van der Waals surface area (Å²) in [5.41, 5.74) is 4.87. The number of anilines is 1. The smallest absolute Gasteiger partial charge is 0.0541 e. The number of hydrogen-bond acceptors (Lipinski definition) is 1. The van der Waals surface area contributed by atoms with Gasteiger partial charge in [0, 0.05) is 28.2 Å². The Hall–Kier alpha value is -2.74. The van der Waals surface area contributed by atoms with Crippen molar-refractivity contribution in [2.24, 2.45) is 5.92 Å². The quantitative estimate of drug-likeness (QED) is 0.469. The average Bonchev–Trinajstić information content (AvgIpc) is 2.97. The number of para-hydroxylation sites is 2. The normalized spacial score (nSPS) is 12.8. The highest BCUT2D eigenvalue weighted by atomic mass is 15.0. The Bertz CT molecular complexity index is 956. The summed E-state index contributed by atoms with van der Waals surface area (Å²) in [7, 11) is 0. The topological polar surface area (TPSA) is 17.0 Å². The number of benzene rings is 3. The zero-order chi connectivity index (χ0) is 17.4. The van der Waals surface area contributed by atoms with E-state index in [2.05, 4.69) is 103 Å². The molecule has 1 heterocycles. The number of fused-ring (bicyclic) bond motifs is 3. The predicted molar refractivity (Wildman–Crippen MR) is 109 cm³/mol. The zero-order valence-corrected chi connectivity index (χ0v) is 15.0. The molecule has 0 radical (unpaired) electrons. The molecule has 3 aromatic carbocycles. The molecule has 0 aliphatic carbocycles. The Balaban J connectivity index is 1.81. The second kappa shape index (κ2) is 6.29. The van der Waals surface area contributed by atoms with E-state index in [4.69, 9.17) is 0 Å². The van der Waals surface area contributed by atoms with Gasteiger partial charge in [-0.2, -0.15) is 0 Å². The van der Waals surface area contributed by atoms with Crippen molar-refractivity contribution in [3.05, 3.63) is 72.8 Å². The van der Waals surface area contributed by atoms with E-state index in [1.807, 2.05) is 0 Å². The predicted octanol–water partition coefficient (Wildman–Crippen LogP) is 6.24. The van der Waals surface area contributed by atoms with Crippen LogP contribution in [0, 0.1) is 5.92 Å². The van der Waals surface area contributed by atoms with E-state index in [-0.39, 0.29) is 0 Å². The molecule has 25 heavy (non-hydrogen) atoms. The van der Waals surface area contributed by atoms with Gasteiger partial charge in [-0.3, -0.25) is 0 Å². The van der Waals surface area contributed by atoms with E-state index < -0.39 is 0 Å². The van der Waals surface area contributed by atoms with Crippen LogP contribution in [0.2, 0.25) is 0 Å². The second-order valence-electron chi connectivity index (χ2n) is 7.09. The maximum atomic E-state index is 3.58. The minimum atomic E-state index is 0.457. The molecule has 1 N–H and O–H groups in total. The van der Waals surface area contributed by atoms with Crippen LogP contribution in [0.1, 0.15) is 20.8 Å². The average molecular weight is 328 g/mol. The van der Waals surface area contributed by atoms with Gasteiger partial charge in [-0.15, -0.1) is 0 Å². The van der Waals surface area contributed by atoms with E-state index in [0.717, 1.165) is 0 Å². The van der Waals surface area contributed by atoms with Gasteiger partial charge in [0.1, 0.15) is 0 Å². The molecule has 0 saturated carbocycles. The molecule has 2 heteroatoms. The summed E-state index contributed by atoms with van der Waals surface area (Å²) < 4.78 is 2.35. The minimum absolute atomic E-state index is 0.457. The van der Waals surface area contributed by atoms with Crippen LogP contribution >= 0.6 is 0 Å². The Morgan fingerprint density at radius 3 is 1.72 bits per heavy atom. The van der Waals surface area contributed by atoms with Crippen LogP contribution in [0.25, 0.3) is 27.5 Å². The monoisotopic (exact) mass is 328 g/mol. The van der Waals surface area contributed by atoms with E-state index in [0.29, 0.717) is 12.0 Å². The van der Waals surface area contributed by atoms with Crippen LogP contribution in [-0.4, -0.2) is 10.6 Å². The maximum Gasteiger partial charge on any atom is 0.0541 e. The van der Waals surface area contributed by atoms with Gasteiger partial charge in [-0.05, 0) is 49.2 Å². The lowest BCUT2D eigenvalue weighted by Gasteiger charge is -2.19. The highest BCUT2D eigenvalue weighted by Gasteiger charge is 2.11. The lowest BCUT2D eigenvalue weighted by Crippen LogP contribution is -2.21. The molecule has 1 atom stereocenters. The van der Waals surface area contributed by atoms with Crippen LogP contribution < -0.4 is 5.32 Å². The molecule has 2 nitrogen and oxygen atoms in total. The van der Waals surface area contributed by atoms with Gasteiger partial charge in [0.15, 0.2) is 0 Å². The summed E-state index contributed by atoms with van der Waals surface area (Å²) in [5, 5.41) is 6.18. The summed E-state index contributed by atoms with van der Waals surface area (Å²) in [5.74, 6) is 0.608. The fraction of sp³-hybridized carbons (Fsp3) is 0.217. The molecule has 0 saturated heterocycles. The van der Waals surface area contributed by atoms with Crippen molar-refractivity contribution in [1.82, 2.24) is 4.57 Å². The lowest BCUT2D eigenvalue weighted by atomic mass is 10.1. The van der Waals surface area contributed by atoms with Crippen molar-refractivity contribution in [1.29, 1.82) is 0 Å². The van der Waals surface area contributed by atoms with Crippen molar-refractivity contribution in [3.63, 3.8) is 0 Å². The maximum absolute atomic E-state index is 3.58. The fourth-order valence-electron chi connectivity index (χ4n) is 3.34. The Morgan fingerprint density at radius 2 is 1.20 bits per heavy atom. The van der Waals surface area contributed by atoms with Crippen molar-refractivity contribution in [2.75, 3.05) is 5.32 Å². The van der Waals surface area contributed by atoms with Gasteiger partial charge < -0.3 is 9.88 Å². The van der Waals surface area contributed by atoms with E-state index >= 15 is 0 Å². The summed E-state index contributed by atoms with van der Waals surface area (Å²) in [6.45, 7) is 6.71. The molecule has 0 aliphatic heterocycles. The van der Waals surface area contributed by atoms with Crippen LogP contribution in [-0.2, 0) is 0 Å². The van der Waals surface area contributed by atoms with Gasteiger partial charge in [0.2, 0.25) is 0 Å². The molecule has 0 amide bonds. The van der Waals surface area contributed by atoms with Crippen molar-refractivity contribution >= 4 is 27.5 Å². The summed E-state index contributed by atoms with van der Waals surface area (Å²) in [4.78, 5) is 0. The molecule has 4 rings (SSSR count). The second-order valence-corrected chi connectivity index (χ2v) is 7.09. The van der Waals surface area contributed by atoms with Crippen LogP contribution in [0.5, 0.6) is 0 Å². The van der Waals surface area contributed by atoms with Crippen LogP contribution in [0.15, 0.2) is 72.8 Å². The molecular formula is C23H24N2. The molecule has 0 bridgehead atoms. The molecule has 0 aliphatic rings. The minimum Gasteiger partial charge on any atom is -0.382 e. The lowest BCUT2D eigenvalue weighted by molar-refractivity contribution is 0.560. The molecular weight excluding hydrogens is 304 g/mol. The standard InChI is InChI=1S/C23H24N2/c1-16(2)17(3)24-18-12-14-19(15-13-18)25-22-10-6-4-8-20(22)21-9-5-7-11-23(21)25/h4-17,24H,1-3H3. The first-order valence-electron chi connectivity index (χ1n) is 9.00. The molecule has 126 valence electrons. The largest absolute Gasteiger partial charge is 0.382 e. The highest BCUT2D eigenvalue weighted by molar-refractivity contribution is 6.09. The molecule has 0 spiro atoms. The first-order chi connectivity index (χ1) is 12.1. The van der Waals surface area contributed by atoms with Crippen molar-refractivity contribution < 1.29 is 0 Å². The molecule has 0 fully saturated rings. The Morgan fingerprint density at radius 1 is 0.680 bits per heavy atom. The van der Waals surface area contributed by atoms with Gasteiger partial charge in [0.25, 0.3) is 0 Å². The van der Waals surface area contributed by atoms with Crippen LogP contribution in [0.4, 0.5) is 5.69 Å². The van der Waals surface area contributed by atoms with Gasteiger partial charge >= 0.3 is 0 Å². The zero-order valence-electron chi connectivity index (χ0n) is 15.0. The number of aromatic nitrogens is 1. The third kappa shape index (κ3) is 2.78. The SMILES string of the molecule is CC(C)C(C)Nc1ccc(-n2c3ccccc3c3ccccc32)cc1. The third-order valence-corrected chi connectivity index (χ3v) is 5.10. The fourth-order valence-corrected chi connectivity index (χ4v) is 3.34. The third-order valence-electron chi connectivity index (χ3n) is 5.10. The Labute approximate surface area is 149 Å². The summed E-state index contributed by atoms with van der Waals surface area (Å²) in [6.07, 6.45) is 0. The molecule has 1 aromatic heterocycles. The number of nitrogens with one attached hydrogen (secondary N) is 1. The van der Waals surface area contributed by atoms with Crippen LogP contribution in [0.3, 0.4) is 0 Å². The van der Waals surface area contributed by atoms with E-state index in [9.17, 15) is 0 Å². The number of nitrogens with zero attached hydrogens (tertiary/aromatic N) is 1. The molecule has 1 unspecified atom stereocenters. The summed E-state index contributed by atoms with van der Waals surface area (Å²) >= 11 is 0. The Kier molecular flexibility index (Phi) is 3.96. The van der Waals surface area contributed by atoms with E-state index in [1.54, 1.807) is 0 Å².